The molecule has 3 N–H and O–H groups in total. The van der Waals surface area contributed by atoms with Gasteiger partial charge in [0.1, 0.15) is 0 Å². The second-order valence-electron chi connectivity index (χ2n) is 4.14. The molecule has 98 valence electrons. The van der Waals surface area contributed by atoms with Crippen molar-refractivity contribution in [3.8, 4) is 0 Å². The smallest absolute Gasteiger partial charge is 0.221 e. The molecule has 0 radical (unpaired) electrons. The molecule has 0 spiro atoms. The van der Waals surface area contributed by atoms with Crippen LogP contribution in [0.1, 0.15) is 52.4 Å². The van der Waals surface area contributed by atoms with E-state index in [9.17, 15) is 4.79 Å². The lowest BCUT2D eigenvalue weighted by Crippen LogP contribution is -2.30. The minimum absolute atomic E-state index is 0. The van der Waals surface area contributed by atoms with E-state index in [1.807, 2.05) is 0 Å². The van der Waals surface area contributed by atoms with Gasteiger partial charge in [-0.25, -0.2) is 0 Å². The summed E-state index contributed by atoms with van der Waals surface area (Å²) >= 11 is 0. The molecule has 0 saturated heterocycles. The van der Waals surface area contributed by atoms with Gasteiger partial charge in [0, 0.05) is 19.5 Å². The standard InChI is InChI=1S/C12H26N2O.ClH/c1-3-5-7-11(6-4-2)10-14-12(15)8-9-13;/h11H,3-10,13H2,1-2H3,(H,14,15);1H. The summed E-state index contributed by atoms with van der Waals surface area (Å²) < 4.78 is 0. The number of nitrogens with two attached hydrogens (primary N) is 1. The van der Waals surface area contributed by atoms with Crippen LogP contribution in [0.2, 0.25) is 0 Å². The van der Waals surface area contributed by atoms with E-state index in [1.165, 1.54) is 32.1 Å². The summed E-state index contributed by atoms with van der Waals surface area (Å²) in [7, 11) is 0. The SMILES string of the molecule is CCCCC(CCC)CNC(=O)CCN.Cl. The largest absolute Gasteiger partial charge is 0.356 e. The van der Waals surface area contributed by atoms with Gasteiger partial charge in [-0.2, -0.15) is 0 Å². The molecule has 0 fully saturated rings. The first-order valence-corrected chi connectivity index (χ1v) is 6.21. The van der Waals surface area contributed by atoms with Gasteiger partial charge in [0.25, 0.3) is 0 Å². The molecule has 0 saturated carbocycles. The van der Waals surface area contributed by atoms with Gasteiger partial charge in [0.2, 0.25) is 5.91 Å². The third kappa shape index (κ3) is 10.2. The predicted octanol–water partition coefficient (Wildman–Crippen LogP) is 2.48. The minimum atomic E-state index is 0. The van der Waals surface area contributed by atoms with E-state index in [1.54, 1.807) is 0 Å². The fraction of sp³-hybridized carbons (Fsp3) is 0.917. The van der Waals surface area contributed by atoms with Crippen molar-refractivity contribution in [2.24, 2.45) is 11.7 Å². The first-order chi connectivity index (χ1) is 7.24. The molecule has 0 aromatic carbocycles. The molecule has 0 bridgehead atoms. The van der Waals surface area contributed by atoms with Crippen LogP contribution in [-0.2, 0) is 4.79 Å². The van der Waals surface area contributed by atoms with Crippen LogP contribution < -0.4 is 11.1 Å². The van der Waals surface area contributed by atoms with Crippen LogP contribution >= 0.6 is 12.4 Å². The number of unbranched alkanes of at least 4 members (excludes halogenated alkanes) is 1. The Labute approximate surface area is 106 Å². The highest BCUT2D eigenvalue weighted by atomic mass is 35.5. The highest BCUT2D eigenvalue weighted by Gasteiger charge is 2.08. The molecule has 0 heterocycles. The summed E-state index contributed by atoms with van der Waals surface area (Å²) in [6, 6.07) is 0. The maximum absolute atomic E-state index is 11.2. The first-order valence-electron chi connectivity index (χ1n) is 6.21. The average molecular weight is 251 g/mol. The molecular formula is C12H27ClN2O. The third-order valence-electron chi connectivity index (χ3n) is 2.62. The van der Waals surface area contributed by atoms with Gasteiger partial charge in [-0.05, 0) is 18.8 Å². The zero-order valence-electron chi connectivity index (χ0n) is 10.6. The van der Waals surface area contributed by atoms with Gasteiger partial charge >= 0.3 is 0 Å². The van der Waals surface area contributed by atoms with Crippen molar-refractivity contribution < 1.29 is 4.79 Å². The van der Waals surface area contributed by atoms with Crippen LogP contribution in [0.5, 0.6) is 0 Å². The maximum atomic E-state index is 11.2. The van der Waals surface area contributed by atoms with Crippen molar-refractivity contribution in [2.45, 2.75) is 52.4 Å². The van der Waals surface area contributed by atoms with E-state index in [2.05, 4.69) is 19.2 Å². The zero-order valence-corrected chi connectivity index (χ0v) is 11.4. The Bertz CT molecular complexity index is 165. The zero-order chi connectivity index (χ0) is 11.5. The van der Waals surface area contributed by atoms with Crippen LogP contribution in [0.3, 0.4) is 0 Å². The molecule has 0 aromatic heterocycles. The molecule has 3 nitrogen and oxygen atoms in total. The Morgan fingerprint density at radius 2 is 1.94 bits per heavy atom. The minimum Gasteiger partial charge on any atom is -0.356 e. The molecule has 16 heavy (non-hydrogen) atoms. The Morgan fingerprint density at radius 3 is 2.44 bits per heavy atom. The topological polar surface area (TPSA) is 55.1 Å². The van der Waals surface area contributed by atoms with Gasteiger partial charge < -0.3 is 11.1 Å². The van der Waals surface area contributed by atoms with Crippen LogP contribution in [0.4, 0.5) is 0 Å². The number of hydrogen-bond donors (Lipinski definition) is 2. The molecular weight excluding hydrogens is 224 g/mol. The Balaban J connectivity index is 0. The van der Waals surface area contributed by atoms with Crippen molar-refractivity contribution in [3.05, 3.63) is 0 Å². The normalized spacial score (nSPS) is 11.7. The highest BCUT2D eigenvalue weighted by Crippen LogP contribution is 2.13. The molecule has 1 amide bonds. The summed E-state index contributed by atoms with van der Waals surface area (Å²) in [4.78, 5) is 11.2. The monoisotopic (exact) mass is 250 g/mol. The van der Waals surface area contributed by atoms with Crippen LogP contribution in [-0.4, -0.2) is 19.0 Å². The second kappa shape index (κ2) is 12.8. The third-order valence-corrected chi connectivity index (χ3v) is 2.62. The Kier molecular flexibility index (Phi) is 14.5. The quantitative estimate of drug-likeness (QED) is 0.661. The molecule has 0 aliphatic heterocycles. The first kappa shape index (κ1) is 18.1. The summed E-state index contributed by atoms with van der Waals surface area (Å²) in [6.07, 6.45) is 6.58. The average Bonchev–Trinajstić information content (AvgIpc) is 2.22. The van der Waals surface area contributed by atoms with Gasteiger partial charge in [0.05, 0.1) is 0 Å². The number of carbonyl (C=O) groups is 1. The number of halogens is 1. The summed E-state index contributed by atoms with van der Waals surface area (Å²) in [6.45, 7) is 5.67. The van der Waals surface area contributed by atoms with Crippen molar-refractivity contribution in [1.29, 1.82) is 0 Å². The lowest BCUT2D eigenvalue weighted by Gasteiger charge is -2.16. The van der Waals surface area contributed by atoms with Gasteiger partial charge in [-0.15, -0.1) is 12.4 Å². The van der Waals surface area contributed by atoms with Crippen molar-refractivity contribution in [2.75, 3.05) is 13.1 Å². The molecule has 4 heteroatoms. The number of hydrogen-bond acceptors (Lipinski definition) is 2. The molecule has 0 aromatic rings. The van der Waals surface area contributed by atoms with Gasteiger partial charge in [-0.3, -0.25) is 4.79 Å². The van der Waals surface area contributed by atoms with Crippen LogP contribution in [0.15, 0.2) is 0 Å². The molecule has 1 atom stereocenters. The Morgan fingerprint density at radius 1 is 1.25 bits per heavy atom. The van der Waals surface area contributed by atoms with E-state index in [4.69, 9.17) is 5.73 Å². The fourth-order valence-corrected chi connectivity index (χ4v) is 1.73. The number of rotatable bonds is 9. The van der Waals surface area contributed by atoms with E-state index in [-0.39, 0.29) is 18.3 Å². The van der Waals surface area contributed by atoms with Gasteiger partial charge in [-0.1, -0.05) is 33.1 Å². The molecule has 1 unspecified atom stereocenters. The van der Waals surface area contributed by atoms with Gasteiger partial charge in [0.15, 0.2) is 0 Å². The molecule has 0 aliphatic rings. The van der Waals surface area contributed by atoms with E-state index in [0.717, 1.165) is 6.54 Å². The predicted molar refractivity (Wildman–Crippen MR) is 71.9 cm³/mol. The fourth-order valence-electron chi connectivity index (χ4n) is 1.73. The summed E-state index contributed by atoms with van der Waals surface area (Å²) in [5, 5.41) is 2.96. The summed E-state index contributed by atoms with van der Waals surface area (Å²) in [5.41, 5.74) is 5.31. The lowest BCUT2D eigenvalue weighted by atomic mass is 9.97. The summed E-state index contributed by atoms with van der Waals surface area (Å²) in [5.74, 6) is 0.742. The van der Waals surface area contributed by atoms with E-state index in [0.29, 0.717) is 18.9 Å². The lowest BCUT2D eigenvalue weighted by molar-refractivity contribution is -0.121. The van der Waals surface area contributed by atoms with Crippen molar-refractivity contribution >= 4 is 18.3 Å². The second-order valence-corrected chi connectivity index (χ2v) is 4.14. The number of carbonyl (C=O) groups excluding carboxylic acids is 1. The van der Waals surface area contributed by atoms with Crippen molar-refractivity contribution in [3.63, 3.8) is 0 Å². The maximum Gasteiger partial charge on any atom is 0.221 e. The molecule has 0 rings (SSSR count). The number of amides is 1. The molecule has 0 aliphatic carbocycles. The Hall–Kier alpha value is -0.280. The number of nitrogens with one attached hydrogen (secondary N) is 1. The van der Waals surface area contributed by atoms with Crippen LogP contribution in [0, 0.1) is 5.92 Å². The van der Waals surface area contributed by atoms with E-state index >= 15 is 0 Å². The highest BCUT2D eigenvalue weighted by molar-refractivity contribution is 5.85. The van der Waals surface area contributed by atoms with Crippen LogP contribution in [0.25, 0.3) is 0 Å². The van der Waals surface area contributed by atoms with Crippen molar-refractivity contribution in [1.82, 2.24) is 5.32 Å². The van der Waals surface area contributed by atoms with E-state index < -0.39 is 0 Å².